The molecule has 0 saturated heterocycles. The number of hydrogen-bond acceptors (Lipinski definition) is 4. The van der Waals surface area contributed by atoms with Crippen molar-refractivity contribution >= 4 is 11.9 Å². The first-order chi connectivity index (χ1) is 18.4. The van der Waals surface area contributed by atoms with Gasteiger partial charge in [-0.3, -0.25) is 4.79 Å². The number of benzene rings is 3. The standard InChI is InChI=1S/C26H26F2N2O2.C2HF3O2/c27-21-9-5-10-24(14-21)32-17-23-13-18-6-1-2-8-20(18)16-30(23)26(31)15-22(29)12-19-7-3-4-11-25(19)28;3-2(4,5)1(6)7/h1-11,14,22-23H,12-13,15-17,29H2;(H,6,7)/t22-,23+;/m1./s1. The van der Waals surface area contributed by atoms with Crippen LogP contribution in [0.2, 0.25) is 0 Å². The third kappa shape index (κ3) is 8.78. The van der Waals surface area contributed by atoms with E-state index in [1.807, 2.05) is 18.2 Å². The highest BCUT2D eigenvalue weighted by atomic mass is 19.4. The molecule has 0 radical (unpaired) electrons. The van der Waals surface area contributed by atoms with Gasteiger partial charge in [-0.2, -0.15) is 13.2 Å². The van der Waals surface area contributed by atoms with E-state index in [1.54, 1.807) is 35.2 Å². The molecule has 0 fully saturated rings. The van der Waals surface area contributed by atoms with Crippen LogP contribution in [0.3, 0.4) is 0 Å². The fraction of sp³-hybridized carbons (Fsp3) is 0.286. The average Bonchev–Trinajstić information content (AvgIpc) is 2.88. The highest BCUT2D eigenvalue weighted by Crippen LogP contribution is 2.25. The Labute approximate surface area is 221 Å². The molecular formula is C28H27F5N2O4. The number of nitrogens with zero attached hydrogens (tertiary/aromatic N) is 1. The molecule has 1 aliphatic heterocycles. The molecule has 0 aromatic heterocycles. The molecule has 0 spiro atoms. The first-order valence-corrected chi connectivity index (χ1v) is 12.0. The van der Waals surface area contributed by atoms with Crippen molar-refractivity contribution in [2.45, 2.75) is 44.1 Å². The maximum atomic E-state index is 14.0. The maximum Gasteiger partial charge on any atom is 0.490 e. The maximum absolute atomic E-state index is 14.0. The van der Waals surface area contributed by atoms with Crippen LogP contribution in [0, 0.1) is 11.6 Å². The van der Waals surface area contributed by atoms with Crippen molar-refractivity contribution in [1.29, 1.82) is 0 Å². The monoisotopic (exact) mass is 550 g/mol. The molecule has 2 atom stereocenters. The van der Waals surface area contributed by atoms with E-state index in [2.05, 4.69) is 6.07 Å². The lowest BCUT2D eigenvalue weighted by molar-refractivity contribution is -0.192. The topological polar surface area (TPSA) is 92.9 Å². The van der Waals surface area contributed by atoms with Crippen molar-refractivity contribution in [1.82, 2.24) is 4.90 Å². The minimum absolute atomic E-state index is 0.101. The second-order valence-electron chi connectivity index (χ2n) is 8.98. The summed E-state index contributed by atoms with van der Waals surface area (Å²) in [5.74, 6) is -3.12. The summed E-state index contributed by atoms with van der Waals surface area (Å²) in [6.45, 7) is 0.699. The van der Waals surface area contributed by atoms with Crippen molar-refractivity contribution in [3.8, 4) is 5.75 Å². The van der Waals surface area contributed by atoms with Gasteiger partial charge >= 0.3 is 12.1 Å². The summed E-state index contributed by atoms with van der Waals surface area (Å²) in [4.78, 5) is 23.9. The van der Waals surface area contributed by atoms with Gasteiger partial charge in [-0.15, -0.1) is 0 Å². The molecule has 11 heteroatoms. The fourth-order valence-corrected chi connectivity index (χ4v) is 4.14. The molecule has 3 N–H and O–H groups in total. The molecule has 3 aromatic carbocycles. The number of carboxylic acid groups (broad SMARTS) is 1. The van der Waals surface area contributed by atoms with Gasteiger partial charge in [-0.05, 0) is 47.7 Å². The summed E-state index contributed by atoms with van der Waals surface area (Å²) in [7, 11) is 0. The van der Waals surface area contributed by atoms with Gasteiger partial charge in [-0.1, -0.05) is 48.5 Å². The van der Waals surface area contributed by atoms with Crippen LogP contribution >= 0.6 is 0 Å². The van der Waals surface area contributed by atoms with Crippen molar-refractivity contribution < 1.29 is 41.4 Å². The predicted octanol–water partition coefficient (Wildman–Crippen LogP) is 4.89. The van der Waals surface area contributed by atoms with E-state index >= 15 is 0 Å². The Morgan fingerprint density at radius 3 is 2.28 bits per heavy atom. The van der Waals surface area contributed by atoms with Crippen LogP contribution < -0.4 is 10.5 Å². The molecule has 4 rings (SSSR count). The first-order valence-electron chi connectivity index (χ1n) is 12.0. The summed E-state index contributed by atoms with van der Waals surface area (Å²) in [5.41, 5.74) is 8.97. The third-order valence-electron chi connectivity index (χ3n) is 6.03. The molecule has 1 aliphatic rings. The van der Waals surface area contributed by atoms with Crippen LogP contribution in [-0.4, -0.2) is 46.7 Å². The first kappa shape index (κ1) is 29.6. The van der Waals surface area contributed by atoms with Crippen molar-refractivity contribution in [2.24, 2.45) is 5.73 Å². The number of rotatable bonds is 7. The second kappa shape index (κ2) is 13.2. The van der Waals surface area contributed by atoms with E-state index in [0.717, 1.165) is 5.56 Å². The van der Waals surface area contributed by atoms with Crippen LogP contribution in [0.4, 0.5) is 22.0 Å². The molecule has 6 nitrogen and oxygen atoms in total. The van der Waals surface area contributed by atoms with E-state index in [0.29, 0.717) is 24.3 Å². The summed E-state index contributed by atoms with van der Waals surface area (Å²) in [6.07, 6.45) is -4.06. The van der Waals surface area contributed by atoms with E-state index in [-0.39, 0.29) is 43.0 Å². The summed E-state index contributed by atoms with van der Waals surface area (Å²) in [5, 5.41) is 7.12. The molecule has 3 aromatic rings. The van der Waals surface area contributed by atoms with Crippen LogP contribution in [0.15, 0.2) is 72.8 Å². The molecule has 39 heavy (non-hydrogen) atoms. The number of halogens is 5. The molecule has 0 bridgehead atoms. The minimum Gasteiger partial charge on any atom is -0.491 e. The SMILES string of the molecule is N[C@@H](CC(=O)N1Cc2ccccc2C[C@H]1COc1cccc(F)c1)Cc1ccccc1F.O=C(O)C(F)(F)F. The summed E-state index contributed by atoms with van der Waals surface area (Å²) >= 11 is 0. The lowest BCUT2D eigenvalue weighted by Crippen LogP contribution is -2.48. The minimum atomic E-state index is -5.08. The Morgan fingerprint density at radius 2 is 1.64 bits per heavy atom. The number of carbonyl (C=O) groups is 2. The highest BCUT2D eigenvalue weighted by Gasteiger charge is 2.38. The molecule has 208 valence electrons. The van der Waals surface area contributed by atoms with Gasteiger partial charge in [0.25, 0.3) is 0 Å². The number of carbonyl (C=O) groups excluding carboxylic acids is 1. The van der Waals surface area contributed by atoms with E-state index < -0.39 is 18.2 Å². The van der Waals surface area contributed by atoms with Gasteiger partial charge in [0.05, 0.1) is 6.04 Å². The number of amides is 1. The number of alkyl halides is 3. The number of hydrogen-bond donors (Lipinski definition) is 2. The number of ether oxygens (including phenoxy) is 1. The average molecular weight is 551 g/mol. The zero-order valence-electron chi connectivity index (χ0n) is 20.7. The Morgan fingerprint density at radius 1 is 1.00 bits per heavy atom. The largest absolute Gasteiger partial charge is 0.491 e. The number of fused-ring (bicyclic) bond motifs is 1. The quantitative estimate of drug-likeness (QED) is 0.409. The Hall–Kier alpha value is -3.99. The predicted molar refractivity (Wildman–Crippen MR) is 133 cm³/mol. The van der Waals surface area contributed by atoms with Crippen molar-refractivity contribution in [3.63, 3.8) is 0 Å². The van der Waals surface area contributed by atoms with E-state index in [9.17, 15) is 26.7 Å². The van der Waals surface area contributed by atoms with Gasteiger partial charge in [0.1, 0.15) is 24.0 Å². The molecule has 0 unspecified atom stereocenters. The number of carboxylic acids is 1. The Bertz CT molecular complexity index is 1280. The van der Waals surface area contributed by atoms with Crippen LogP contribution in [0.25, 0.3) is 0 Å². The molecule has 1 amide bonds. The summed E-state index contributed by atoms with van der Waals surface area (Å²) < 4.78 is 65.0. The second-order valence-corrected chi connectivity index (χ2v) is 8.98. The highest BCUT2D eigenvalue weighted by molar-refractivity contribution is 5.77. The van der Waals surface area contributed by atoms with Crippen LogP contribution in [0.1, 0.15) is 23.1 Å². The van der Waals surface area contributed by atoms with Crippen LogP contribution in [-0.2, 0) is 29.0 Å². The fourth-order valence-electron chi connectivity index (χ4n) is 4.14. The third-order valence-corrected chi connectivity index (χ3v) is 6.03. The van der Waals surface area contributed by atoms with Gasteiger partial charge < -0.3 is 20.5 Å². The van der Waals surface area contributed by atoms with Crippen molar-refractivity contribution in [2.75, 3.05) is 6.61 Å². The van der Waals surface area contributed by atoms with E-state index in [4.69, 9.17) is 20.4 Å². The molecule has 1 heterocycles. The lowest BCUT2D eigenvalue weighted by Gasteiger charge is -2.37. The van der Waals surface area contributed by atoms with Gasteiger partial charge in [0.15, 0.2) is 0 Å². The zero-order valence-corrected chi connectivity index (χ0v) is 20.7. The lowest BCUT2D eigenvalue weighted by atomic mass is 9.93. The van der Waals surface area contributed by atoms with E-state index in [1.165, 1.54) is 23.8 Å². The number of nitrogens with two attached hydrogens (primary N) is 1. The smallest absolute Gasteiger partial charge is 0.490 e. The van der Waals surface area contributed by atoms with Gasteiger partial charge in [0, 0.05) is 25.1 Å². The van der Waals surface area contributed by atoms with Gasteiger partial charge in [-0.25, -0.2) is 13.6 Å². The summed E-state index contributed by atoms with van der Waals surface area (Å²) in [6, 6.07) is 19.7. The van der Waals surface area contributed by atoms with Crippen molar-refractivity contribution in [3.05, 3.63) is 101 Å². The molecule has 0 saturated carbocycles. The Balaban J connectivity index is 0.000000532. The van der Waals surface area contributed by atoms with Crippen LogP contribution in [0.5, 0.6) is 5.75 Å². The Kier molecular flexibility index (Phi) is 10.00. The van der Waals surface area contributed by atoms with Gasteiger partial charge in [0.2, 0.25) is 5.91 Å². The normalized spacial score (nSPS) is 15.4. The molecular weight excluding hydrogens is 523 g/mol. The molecule has 0 aliphatic carbocycles. The zero-order chi connectivity index (χ0) is 28.6. The number of aliphatic carboxylic acids is 1.